The maximum atomic E-state index is 6.81. The Bertz CT molecular complexity index is 11400. The fraction of sp³-hybridized carbons (Fsp3) is 0.00787. The van der Waals surface area contributed by atoms with Crippen molar-refractivity contribution in [3.05, 3.63) is 333 Å². The van der Waals surface area contributed by atoms with Crippen molar-refractivity contribution >= 4 is 494 Å². The molecule has 0 saturated heterocycles. The van der Waals surface area contributed by atoms with Gasteiger partial charge in [0, 0.05) is 262 Å². The monoisotopic (exact) mass is 2040 g/mol. The van der Waals surface area contributed by atoms with Crippen LogP contribution in [0.15, 0.2) is 335 Å². The number of aromatic nitrogens is 2. The lowest BCUT2D eigenvalue weighted by Crippen LogP contribution is -1.92. The van der Waals surface area contributed by atoms with E-state index in [1.165, 1.54) is 330 Å². The number of benzene rings is 21. The Balaban J connectivity index is 0.0000000888. The van der Waals surface area contributed by atoms with Crippen molar-refractivity contribution in [1.82, 2.24) is 9.97 Å². The third-order valence-corrected chi connectivity index (χ3v) is 44.4. The molecule has 0 amide bonds. The Morgan fingerprint density at radius 2 is 0.444 bits per heavy atom. The van der Waals surface area contributed by atoms with Crippen LogP contribution in [-0.2, 0) is 6.42 Å². The van der Waals surface area contributed by atoms with Crippen LogP contribution in [0.5, 0.6) is 0 Å². The molecule has 0 fully saturated rings. The molecule has 5 nitrogen and oxygen atoms in total. The Labute approximate surface area is 858 Å². The van der Waals surface area contributed by atoms with Gasteiger partial charge in [0.25, 0.3) is 0 Å². The van der Waals surface area contributed by atoms with Crippen molar-refractivity contribution in [2.45, 2.75) is 6.42 Å². The maximum Gasteiger partial charge on any atom is 0.153 e. The molecule has 2 N–H and O–H groups in total. The third kappa shape index (κ3) is 9.49. The van der Waals surface area contributed by atoms with E-state index in [4.69, 9.17) is 13.3 Å². The summed E-state index contributed by atoms with van der Waals surface area (Å²) in [5.41, 5.74) is 16.3. The standard InChI is InChI=1S/C43H22N2S3.C42H18O3S3.C42H18S6/c1-2-8-21-20(7-1)19-27-30(21)36-31(24-13-16-46-41(24)27)37-33(26-15-18-48-43(26)39-34(37)22-9-3-5-11-28(22)44-39)38-32(36)25-14-17-47-42(25)40-35(38)23-10-4-6-12-29(23)45-40;1-4-10-25-19(7-1)31-34-28(22-13-16-46-40(22)37(31)43-25)35-30(24-15-18-48-42(24)39-32(35)20-8-2-6-12-27(20)45-39)36-29(34)23-14-17-47-41(23)38-33(36)21-9-3-5-11-26(21)44-38;1-4-10-25-19(7-1)31-34-28(22-13-16-43-37(22)40(31)46-25)35-30(24-15-18-45-39(24)42-32(35)20-8-2-6-12-27(20)48-42)36-29(34)23-14-17-44-38(23)41-33(36)21-9-3-5-11-26(21)47-41/h1-18,44-45H,19H2;2*1-18H. The Hall–Kier alpha value is -14.7. The fourth-order valence-corrected chi connectivity index (χ4v) is 39.1. The molecular weight excluding hydrogens is 1990 g/mol. The van der Waals surface area contributed by atoms with Crippen molar-refractivity contribution in [1.29, 1.82) is 0 Å². The van der Waals surface area contributed by atoms with Crippen LogP contribution >= 0.6 is 136 Å². The summed E-state index contributed by atoms with van der Waals surface area (Å²) in [7, 11) is 0. The summed E-state index contributed by atoms with van der Waals surface area (Å²) in [5, 5.41) is 77.5. The molecule has 21 aromatic carbocycles. The number of furan rings is 3. The molecule has 1 aliphatic carbocycles. The Morgan fingerprint density at radius 3 is 0.819 bits per heavy atom. The molecule has 39 rings (SSSR count). The van der Waals surface area contributed by atoms with Crippen molar-refractivity contribution in [2.75, 3.05) is 0 Å². The number of H-pyrrole nitrogens is 2. The molecule has 0 aliphatic heterocycles. The van der Waals surface area contributed by atoms with E-state index < -0.39 is 0 Å². The number of fused-ring (bicyclic) bond motifs is 81. The van der Waals surface area contributed by atoms with Gasteiger partial charge in [0.05, 0.1) is 62.7 Å². The van der Waals surface area contributed by atoms with Gasteiger partial charge in [-0.15, -0.1) is 136 Å². The number of aromatic amines is 2. The molecule has 1 aliphatic rings. The van der Waals surface area contributed by atoms with Gasteiger partial charge in [0.1, 0.15) is 16.7 Å². The van der Waals surface area contributed by atoms with E-state index in [9.17, 15) is 0 Å². The lowest BCUT2D eigenvalue weighted by molar-refractivity contribution is 0.673. The minimum absolute atomic E-state index is 0.909. The summed E-state index contributed by atoms with van der Waals surface area (Å²) in [5.74, 6) is 0. The number of rotatable bonds is 0. The van der Waals surface area contributed by atoms with Crippen LogP contribution < -0.4 is 0 Å². The van der Waals surface area contributed by atoms with Gasteiger partial charge in [-0.05, 0) is 179 Å². The molecule has 0 bridgehead atoms. The number of nitrogens with one attached hydrogen (secondary N) is 2. The lowest BCUT2D eigenvalue weighted by Gasteiger charge is -2.20. The van der Waals surface area contributed by atoms with Gasteiger partial charge in [-0.3, -0.25) is 0 Å². The van der Waals surface area contributed by atoms with E-state index in [1.54, 1.807) is 34.0 Å². The van der Waals surface area contributed by atoms with Crippen LogP contribution in [0.25, 0.3) is 369 Å². The maximum absolute atomic E-state index is 6.81. The average Bonchev–Trinajstić information content (AvgIpc) is 1.44. The Morgan fingerprint density at radius 1 is 0.181 bits per heavy atom. The molecule has 144 heavy (non-hydrogen) atoms. The van der Waals surface area contributed by atoms with Gasteiger partial charge < -0.3 is 23.2 Å². The van der Waals surface area contributed by atoms with Gasteiger partial charge in [-0.25, -0.2) is 0 Å². The van der Waals surface area contributed by atoms with Gasteiger partial charge in [-0.2, -0.15) is 0 Å². The molecule has 17 heterocycles. The summed E-state index contributed by atoms with van der Waals surface area (Å²) >= 11 is 22.5. The quantitative estimate of drug-likeness (QED) is 0.149. The Kier molecular flexibility index (Phi) is 15.0. The largest absolute Gasteiger partial charge is 0.455 e. The first-order valence-corrected chi connectivity index (χ1v) is 58.5. The van der Waals surface area contributed by atoms with Crippen LogP contribution in [-0.4, -0.2) is 9.97 Å². The molecule has 0 atom stereocenters. The van der Waals surface area contributed by atoms with Crippen molar-refractivity contribution in [3.8, 4) is 11.1 Å². The highest BCUT2D eigenvalue weighted by atomic mass is 32.1. The first-order valence-electron chi connectivity index (χ1n) is 48.2. The molecule has 17 aromatic heterocycles. The normalized spacial score (nSPS) is 13.1. The summed E-state index contributed by atoms with van der Waals surface area (Å²) < 4.78 is 40.7. The summed E-state index contributed by atoms with van der Waals surface area (Å²) in [4.78, 5) is 7.84. The molecular formula is C127H58N2O3S12. The zero-order valence-corrected chi connectivity index (χ0v) is 84.8. The predicted octanol–water partition coefficient (Wildman–Crippen LogP) is 44.0. The highest BCUT2D eigenvalue weighted by molar-refractivity contribution is 7.33. The molecule has 17 heteroatoms. The smallest absolute Gasteiger partial charge is 0.153 e. The highest BCUT2D eigenvalue weighted by Gasteiger charge is 2.37. The first-order chi connectivity index (χ1) is 71.5. The van der Waals surface area contributed by atoms with E-state index >= 15 is 0 Å². The van der Waals surface area contributed by atoms with Crippen molar-refractivity contribution in [3.63, 3.8) is 0 Å². The summed E-state index contributed by atoms with van der Waals surface area (Å²) in [6.45, 7) is 0. The third-order valence-electron chi connectivity index (χ3n) is 32.1. The van der Waals surface area contributed by atoms with Crippen molar-refractivity contribution in [2.24, 2.45) is 0 Å². The second-order valence-electron chi connectivity index (χ2n) is 38.6. The zero-order chi connectivity index (χ0) is 92.5. The van der Waals surface area contributed by atoms with Gasteiger partial charge >= 0.3 is 0 Å². The van der Waals surface area contributed by atoms with Crippen LogP contribution in [0.2, 0.25) is 0 Å². The van der Waals surface area contributed by atoms with Crippen LogP contribution in [0, 0.1) is 0 Å². The fourth-order valence-electron chi connectivity index (χ4n) is 26.9. The lowest BCUT2D eigenvalue weighted by atomic mass is 9.83. The van der Waals surface area contributed by atoms with Gasteiger partial charge in [0.15, 0.2) is 16.7 Å². The van der Waals surface area contributed by atoms with E-state index in [0.29, 0.717) is 0 Å². The second kappa shape index (κ2) is 27.8. The molecule has 666 valence electrons. The van der Waals surface area contributed by atoms with E-state index in [-0.39, 0.29) is 0 Å². The highest BCUT2D eigenvalue weighted by Crippen LogP contribution is 2.65. The summed E-state index contributed by atoms with van der Waals surface area (Å²) in [6.07, 6.45) is 0.978. The molecule has 0 spiro atoms. The van der Waals surface area contributed by atoms with E-state index in [0.717, 1.165) is 56.1 Å². The van der Waals surface area contributed by atoms with E-state index in [2.05, 4.69) is 331 Å². The molecule has 0 saturated carbocycles. The number of hydrogen-bond acceptors (Lipinski definition) is 15. The second-order valence-corrected chi connectivity index (χ2v) is 50.0. The average molecular weight is 2040 g/mol. The minimum atomic E-state index is 0.909. The summed E-state index contributed by atoms with van der Waals surface area (Å²) in [6, 6.07) is 101. The van der Waals surface area contributed by atoms with Crippen molar-refractivity contribution < 1.29 is 13.3 Å². The number of hydrogen-bond donors (Lipinski definition) is 2. The first kappa shape index (κ1) is 77.9. The SMILES string of the molecule is c1ccc2c(c1)Cc1c-2c2c(c3ccsc13)c1c3c4ccccc4[nH]c3c3sccc3c1c1c3c4ccccc4[nH]c3c3sccc3c21.c1ccc2c(c1)oc1c3sccc3c3c(c21)c1c2ccsc2c2oc4ccccc4c2c1c1c2ccsc2c2oc4ccccc4c2c31.c1ccc2c(c1)sc1c3sccc3c3c(c21)c1c2ccsc2c2sc4ccccc4c2c1c1c2ccsc2c2sc4ccccc4c2c31. The zero-order valence-electron chi connectivity index (χ0n) is 75.0. The van der Waals surface area contributed by atoms with Crippen LogP contribution in [0.4, 0.5) is 0 Å². The molecule has 38 aromatic rings. The van der Waals surface area contributed by atoms with Gasteiger partial charge in [-0.1, -0.05) is 170 Å². The molecule has 0 radical (unpaired) electrons. The number of thiophene rings is 12. The van der Waals surface area contributed by atoms with Crippen LogP contribution in [0.3, 0.4) is 0 Å². The number of para-hydroxylation sites is 5. The van der Waals surface area contributed by atoms with Crippen LogP contribution in [0.1, 0.15) is 11.1 Å². The minimum Gasteiger partial charge on any atom is -0.455 e. The van der Waals surface area contributed by atoms with E-state index in [1.807, 2.05) is 102 Å². The van der Waals surface area contributed by atoms with Gasteiger partial charge in [0.2, 0.25) is 0 Å². The predicted molar refractivity (Wildman–Crippen MR) is 643 cm³/mol. The topological polar surface area (TPSA) is 71.0 Å². The molecule has 0 unspecified atom stereocenters.